The molecule has 1 aromatic carbocycles. The van der Waals surface area contributed by atoms with E-state index in [1.807, 2.05) is 0 Å². The Bertz CT molecular complexity index is 1130. The number of aromatic nitrogens is 2. The summed E-state index contributed by atoms with van der Waals surface area (Å²) in [5.74, 6) is 0.182. The zero-order valence-corrected chi connectivity index (χ0v) is 15.9. The van der Waals surface area contributed by atoms with E-state index in [1.165, 1.54) is 18.2 Å². The minimum atomic E-state index is -4.81. The lowest BCUT2D eigenvalue weighted by atomic mass is 10.1. The molecule has 0 saturated carbocycles. The smallest absolute Gasteiger partial charge is 0.466 e. The number of nitrogen functional groups attached to an aromatic ring is 1. The molecular weight excluding hydrogens is 405 g/mol. The molecular formula is C19H17F3N4O4. The summed E-state index contributed by atoms with van der Waals surface area (Å²) in [7, 11) is 0. The molecule has 3 aromatic rings. The van der Waals surface area contributed by atoms with E-state index in [-0.39, 0.29) is 11.4 Å². The number of ether oxygens (including phenoxy) is 1. The molecule has 3 N–H and O–H groups in total. The van der Waals surface area contributed by atoms with Crippen molar-refractivity contribution >= 4 is 17.3 Å². The first-order valence-electron chi connectivity index (χ1n) is 8.62. The Hall–Kier alpha value is -3.76. The van der Waals surface area contributed by atoms with Gasteiger partial charge in [0.05, 0.1) is 5.69 Å². The third-order valence-corrected chi connectivity index (χ3v) is 3.98. The number of rotatable bonds is 5. The summed E-state index contributed by atoms with van der Waals surface area (Å²) < 4.78 is 46.7. The number of carbonyl (C=O) groups is 1. The lowest BCUT2D eigenvalue weighted by Gasteiger charge is -2.11. The second kappa shape index (κ2) is 7.93. The lowest BCUT2D eigenvalue weighted by Crippen LogP contribution is -2.31. The summed E-state index contributed by atoms with van der Waals surface area (Å²) in [6.07, 6.45) is -4.81. The van der Waals surface area contributed by atoms with Crippen LogP contribution in [-0.4, -0.2) is 22.1 Å². The van der Waals surface area contributed by atoms with Gasteiger partial charge in [-0.15, -0.1) is 13.2 Å². The van der Waals surface area contributed by atoms with Crippen LogP contribution in [0.15, 0.2) is 45.6 Å². The number of halogens is 3. The molecule has 2 aromatic heterocycles. The van der Waals surface area contributed by atoms with Gasteiger partial charge in [0.15, 0.2) is 0 Å². The van der Waals surface area contributed by atoms with Gasteiger partial charge in [0, 0.05) is 11.3 Å². The van der Waals surface area contributed by atoms with Crippen molar-refractivity contribution < 1.29 is 27.1 Å². The normalized spacial score (nSPS) is 11.4. The fourth-order valence-corrected chi connectivity index (χ4v) is 2.76. The number of benzene rings is 1. The molecule has 1 amide bonds. The van der Waals surface area contributed by atoms with E-state index in [9.17, 15) is 22.8 Å². The van der Waals surface area contributed by atoms with Crippen molar-refractivity contribution in [1.29, 1.82) is 0 Å². The molecule has 11 heteroatoms. The zero-order valence-electron chi connectivity index (χ0n) is 15.9. The minimum absolute atomic E-state index is 0.0975. The van der Waals surface area contributed by atoms with Crippen molar-refractivity contribution in [2.24, 2.45) is 0 Å². The van der Waals surface area contributed by atoms with Crippen molar-refractivity contribution in [3.63, 3.8) is 0 Å². The number of amides is 1. The Labute approximate surface area is 168 Å². The molecule has 0 atom stereocenters. The standard InChI is InChI=1S/C19H17F3N4O4/c1-10-7-14(11(2)29-10)16-8-15(23)18(28)26(25-16)9-17(27)24-12-3-5-13(6-4-12)30-19(20,21)22/h3-8H,9,23H2,1-2H3,(H,24,27). The predicted octanol–water partition coefficient (Wildman–Crippen LogP) is 3.24. The first-order chi connectivity index (χ1) is 14.0. The van der Waals surface area contributed by atoms with Crippen LogP contribution in [0.1, 0.15) is 11.5 Å². The molecule has 0 unspecified atom stereocenters. The number of hydrogen-bond acceptors (Lipinski definition) is 6. The second-order valence-electron chi connectivity index (χ2n) is 6.39. The summed E-state index contributed by atoms with van der Waals surface area (Å²) >= 11 is 0. The van der Waals surface area contributed by atoms with E-state index >= 15 is 0 Å². The van der Waals surface area contributed by atoms with E-state index in [1.54, 1.807) is 19.9 Å². The van der Waals surface area contributed by atoms with Gasteiger partial charge in [-0.05, 0) is 50.2 Å². The summed E-state index contributed by atoms with van der Waals surface area (Å²) in [6, 6.07) is 7.70. The number of nitrogens with one attached hydrogen (secondary N) is 1. The number of nitrogens with two attached hydrogens (primary N) is 1. The van der Waals surface area contributed by atoms with Gasteiger partial charge < -0.3 is 20.2 Å². The highest BCUT2D eigenvalue weighted by molar-refractivity contribution is 5.90. The molecule has 0 saturated heterocycles. The Morgan fingerprint density at radius 2 is 1.90 bits per heavy atom. The SMILES string of the molecule is Cc1cc(-c2cc(N)c(=O)n(CC(=O)Nc3ccc(OC(F)(F)F)cc3)n2)c(C)o1. The van der Waals surface area contributed by atoms with Crippen LogP contribution in [0.4, 0.5) is 24.5 Å². The topological polar surface area (TPSA) is 112 Å². The summed E-state index contributed by atoms with van der Waals surface area (Å²) in [5.41, 5.74) is 6.23. The fourth-order valence-electron chi connectivity index (χ4n) is 2.76. The molecule has 0 aliphatic heterocycles. The largest absolute Gasteiger partial charge is 0.573 e. The number of anilines is 2. The monoisotopic (exact) mass is 422 g/mol. The van der Waals surface area contributed by atoms with Crippen molar-refractivity contribution in [3.05, 3.63) is 58.3 Å². The van der Waals surface area contributed by atoms with Crippen LogP contribution >= 0.6 is 0 Å². The highest BCUT2D eigenvalue weighted by Crippen LogP contribution is 2.25. The number of aryl methyl sites for hydroxylation is 2. The average Bonchev–Trinajstić information content (AvgIpc) is 2.97. The average molecular weight is 422 g/mol. The molecule has 8 nitrogen and oxygen atoms in total. The lowest BCUT2D eigenvalue weighted by molar-refractivity contribution is -0.274. The second-order valence-corrected chi connectivity index (χ2v) is 6.39. The van der Waals surface area contributed by atoms with E-state index < -0.39 is 30.1 Å². The van der Waals surface area contributed by atoms with Crippen LogP contribution in [0.5, 0.6) is 5.75 Å². The summed E-state index contributed by atoms with van der Waals surface area (Å²) in [4.78, 5) is 24.6. The number of hydrogen-bond donors (Lipinski definition) is 2. The van der Waals surface area contributed by atoms with E-state index in [4.69, 9.17) is 10.2 Å². The van der Waals surface area contributed by atoms with Gasteiger partial charge in [-0.25, -0.2) is 4.68 Å². The van der Waals surface area contributed by atoms with Crippen LogP contribution in [0, 0.1) is 13.8 Å². The molecule has 0 spiro atoms. The van der Waals surface area contributed by atoms with Crippen molar-refractivity contribution in [2.75, 3.05) is 11.1 Å². The van der Waals surface area contributed by atoms with Crippen molar-refractivity contribution in [3.8, 4) is 17.0 Å². The highest BCUT2D eigenvalue weighted by atomic mass is 19.4. The fraction of sp³-hybridized carbons (Fsp3) is 0.211. The number of carbonyl (C=O) groups excluding carboxylic acids is 1. The summed E-state index contributed by atoms with van der Waals surface area (Å²) in [6.45, 7) is 3.04. The first kappa shape index (κ1) is 21.0. The van der Waals surface area contributed by atoms with Crippen LogP contribution in [0.25, 0.3) is 11.3 Å². The van der Waals surface area contributed by atoms with Gasteiger partial charge in [-0.1, -0.05) is 0 Å². The van der Waals surface area contributed by atoms with Gasteiger partial charge in [0.25, 0.3) is 5.56 Å². The molecule has 158 valence electrons. The van der Waals surface area contributed by atoms with E-state index in [0.717, 1.165) is 16.8 Å². The third kappa shape index (κ3) is 4.99. The predicted molar refractivity (Wildman–Crippen MR) is 102 cm³/mol. The number of furan rings is 1. The Morgan fingerprint density at radius 3 is 2.47 bits per heavy atom. The maximum Gasteiger partial charge on any atom is 0.573 e. The van der Waals surface area contributed by atoms with Gasteiger partial charge in [-0.2, -0.15) is 5.10 Å². The van der Waals surface area contributed by atoms with E-state index in [2.05, 4.69) is 15.2 Å². The Morgan fingerprint density at radius 1 is 1.23 bits per heavy atom. The van der Waals surface area contributed by atoms with Crippen LogP contribution in [-0.2, 0) is 11.3 Å². The number of alkyl halides is 3. The summed E-state index contributed by atoms with van der Waals surface area (Å²) in [5, 5.41) is 6.64. The van der Waals surface area contributed by atoms with Crippen LogP contribution in [0.3, 0.4) is 0 Å². The van der Waals surface area contributed by atoms with Crippen LogP contribution < -0.4 is 21.3 Å². The van der Waals surface area contributed by atoms with Gasteiger partial charge >= 0.3 is 6.36 Å². The maximum atomic E-state index is 12.3. The molecule has 2 heterocycles. The molecule has 0 bridgehead atoms. The third-order valence-electron chi connectivity index (χ3n) is 3.98. The minimum Gasteiger partial charge on any atom is -0.466 e. The molecule has 0 aliphatic rings. The van der Waals surface area contributed by atoms with Crippen LogP contribution in [0.2, 0.25) is 0 Å². The molecule has 3 rings (SSSR count). The Kier molecular flexibility index (Phi) is 5.54. The highest BCUT2D eigenvalue weighted by Gasteiger charge is 2.31. The molecule has 0 fully saturated rings. The van der Waals surface area contributed by atoms with Crippen molar-refractivity contribution in [1.82, 2.24) is 9.78 Å². The molecule has 0 aliphatic carbocycles. The maximum absolute atomic E-state index is 12.3. The van der Waals surface area contributed by atoms with Gasteiger partial charge in [0.2, 0.25) is 5.91 Å². The van der Waals surface area contributed by atoms with E-state index in [0.29, 0.717) is 22.8 Å². The van der Waals surface area contributed by atoms with Gasteiger partial charge in [-0.3, -0.25) is 9.59 Å². The van der Waals surface area contributed by atoms with Crippen molar-refractivity contribution in [2.45, 2.75) is 26.8 Å². The molecule has 0 radical (unpaired) electrons. The quantitative estimate of drug-likeness (QED) is 0.653. The van der Waals surface area contributed by atoms with Gasteiger partial charge in [0.1, 0.15) is 29.5 Å². The zero-order chi connectivity index (χ0) is 22.1. The number of nitrogens with zero attached hydrogens (tertiary/aromatic N) is 2. The Balaban J connectivity index is 1.76. The first-order valence-corrected chi connectivity index (χ1v) is 8.62. The molecule has 30 heavy (non-hydrogen) atoms.